The van der Waals surface area contributed by atoms with Crippen molar-refractivity contribution >= 4 is 28.1 Å². The van der Waals surface area contributed by atoms with Gasteiger partial charge in [-0.05, 0) is 53.1 Å². The van der Waals surface area contributed by atoms with E-state index in [1.54, 1.807) is 0 Å². The van der Waals surface area contributed by atoms with Crippen LogP contribution >= 0.6 is 11.6 Å². The topological polar surface area (TPSA) is 21.3 Å². The summed E-state index contributed by atoms with van der Waals surface area (Å²) in [4.78, 5) is 0. The first kappa shape index (κ1) is 18.4. The molecule has 0 radical (unpaired) electrons. The number of hydrogen-bond donors (Lipinski definition) is 1. The number of fused-ring (bicyclic) bond motifs is 1. The van der Waals surface area contributed by atoms with Crippen LogP contribution in [0.4, 0.5) is 5.69 Å². The molecular weight excluding hydrogens is 366 g/mol. The summed E-state index contributed by atoms with van der Waals surface area (Å²) in [6.07, 6.45) is 0. The molecule has 0 aliphatic heterocycles. The minimum Gasteiger partial charge on any atom is -0.489 e. The van der Waals surface area contributed by atoms with E-state index in [4.69, 9.17) is 16.3 Å². The van der Waals surface area contributed by atoms with Crippen LogP contribution in [0.15, 0.2) is 84.9 Å². The molecule has 0 atom stereocenters. The van der Waals surface area contributed by atoms with Crippen LogP contribution in [0.2, 0.25) is 5.02 Å². The molecule has 0 saturated carbocycles. The maximum absolute atomic E-state index is 6.21. The molecule has 0 spiro atoms. The van der Waals surface area contributed by atoms with E-state index in [-0.39, 0.29) is 0 Å². The summed E-state index contributed by atoms with van der Waals surface area (Å²) in [5.74, 6) is 0.898. The van der Waals surface area contributed by atoms with E-state index in [0.29, 0.717) is 13.2 Å². The van der Waals surface area contributed by atoms with Crippen LogP contribution in [-0.2, 0) is 13.2 Å². The fraction of sp³-hybridized carbons (Fsp3) is 0.120. The van der Waals surface area contributed by atoms with Crippen molar-refractivity contribution in [3.05, 3.63) is 107 Å². The zero-order valence-corrected chi connectivity index (χ0v) is 16.5. The molecule has 0 aromatic heterocycles. The molecule has 4 aromatic carbocycles. The molecule has 140 valence electrons. The van der Waals surface area contributed by atoms with Gasteiger partial charge in [-0.2, -0.15) is 0 Å². The molecule has 1 N–H and O–H groups in total. The first-order valence-electron chi connectivity index (χ1n) is 9.38. The monoisotopic (exact) mass is 387 g/mol. The molecule has 0 unspecified atom stereocenters. The molecule has 28 heavy (non-hydrogen) atoms. The standard InChI is InChI=1S/C25H22ClNO/c1-18-6-2-5-9-24(18)27-16-23-22-8-4-3-7-20(22)12-15-25(23)28-17-19-10-13-21(26)14-11-19/h2-15,27H,16-17H2,1H3. The number of aryl methyl sites for hydroxylation is 1. The number of nitrogens with one attached hydrogen (secondary N) is 1. The van der Waals surface area contributed by atoms with Crippen molar-refractivity contribution in [3.8, 4) is 5.75 Å². The SMILES string of the molecule is Cc1ccccc1NCc1c(OCc2ccc(Cl)cc2)ccc2ccccc12. The van der Waals surface area contributed by atoms with Crippen LogP contribution in [0, 0.1) is 6.92 Å². The Morgan fingerprint density at radius 1 is 0.821 bits per heavy atom. The van der Waals surface area contributed by atoms with Gasteiger partial charge in [-0.15, -0.1) is 0 Å². The summed E-state index contributed by atoms with van der Waals surface area (Å²) < 4.78 is 6.21. The van der Waals surface area contributed by atoms with E-state index in [0.717, 1.165) is 27.6 Å². The first-order chi connectivity index (χ1) is 13.7. The smallest absolute Gasteiger partial charge is 0.125 e. The van der Waals surface area contributed by atoms with E-state index < -0.39 is 0 Å². The molecule has 0 aliphatic carbocycles. The predicted octanol–water partition coefficient (Wildman–Crippen LogP) is 6.99. The number of rotatable bonds is 6. The van der Waals surface area contributed by atoms with Crippen LogP contribution < -0.4 is 10.1 Å². The zero-order chi connectivity index (χ0) is 19.3. The van der Waals surface area contributed by atoms with E-state index in [1.165, 1.54) is 16.3 Å². The number of hydrogen-bond acceptors (Lipinski definition) is 2. The van der Waals surface area contributed by atoms with Gasteiger partial charge >= 0.3 is 0 Å². The Hall–Kier alpha value is -2.97. The van der Waals surface area contributed by atoms with Crippen LogP contribution in [0.1, 0.15) is 16.7 Å². The Labute approximate surface area is 170 Å². The largest absolute Gasteiger partial charge is 0.489 e. The van der Waals surface area contributed by atoms with Gasteiger partial charge in [0.05, 0.1) is 0 Å². The lowest BCUT2D eigenvalue weighted by atomic mass is 10.0. The highest BCUT2D eigenvalue weighted by Gasteiger charge is 2.10. The summed E-state index contributed by atoms with van der Waals surface area (Å²) in [6, 6.07) is 28.7. The molecular formula is C25H22ClNO. The molecule has 0 aliphatic rings. The summed E-state index contributed by atoms with van der Waals surface area (Å²) in [6.45, 7) is 3.32. The minimum atomic E-state index is 0.507. The predicted molar refractivity (Wildman–Crippen MR) is 118 cm³/mol. The maximum atomic E-state index is 6.21. The lowest BCUT2D eigenvalue weighted by Crippen LogP contribution is -2.05. The average Bonchev–Trinajstić information content (AvgIpc) is 2.73. The first-order valence-corrected chi connectivity index (χ1v) is 9.76. The maximum Gasteiger partial charge on any atom is 0.125 e. The van der Waals surface area contributed by atoms with E-state index in [2.05, 4.69) is 72.9 Å². The van der Waals surface area contributed by atoms with E-state index in [9.17, 15) is 0 Å². The minimum absolute atomic E-state index is 0.507. The Bertz CT molecular complexity index is 1090. The van der Waals surface area contributed by atoms with Gasteiger partial charge in [-0.1, -0.05) is 72.3 Å². The van der Waals surface area contributed by atoms with Crippen molar-refractivity contribution < 1.29 is 4.74 Å². The molecule has 0 bridgehead atoms. The summed E-state index contributed by atoms with van der Waals surface area (Å²) in [5.41, 5.74) is 4.62. The van der Waals surface area contributed by atoms with Gasteiger partial charge in [0.1, 0.15) is 12.4 Å². The van der Waals surface area contributed by atoms with Gasteiger partial charge in [0.2, 0.25) is 0 Å². The highest BCUT2D eigenvalue weighted by atomic mass is 35.5. The van der Waals surface area contributed by atoms with Gasteiger partial charge in [0.25, 0.3) is 0 Å². The third-order valence-electron chi connectivity index (χ3n) is 4.91. The fourth-order valence-electron chi connectivity index (χ4n) is 3.33. The van der Waals surface area contributed by atoms with Crippen LogP contribution in [0.3, 0.4) is 0 Å². The van der Waals surface area contributed by atoms with Crippen molar-refractivity contribution in [2.45, 2.75) is 20.1 Å². The van der Waals surface area contributed by atoms with E-state index in [1.807, 2.05) is 24.3 Å². The quantitative estimate of drug-likeness (QED) is 0.384. The second-order valence-electron chi connectivity index (χ2n) is 6.85. The molecule has 4 aromatic rings. The number of benzene rings is 4. The molecule has 2 nitrogen and oxygen atoms in total. The molecule has 0 fully saturated rings. The van der Waals surface area contributed by atoms with Crippen molar-refractivity contribution in [3.63, 3.8) is 0 Å². The highest BCUT2D eigenvalue weighted by molar-refractivity contribution is 6.30. The molecule has 4 rings (SSSR count). The number of halogens is 1. The van der Waals surface area contributed by atoms with Gasteiger partial charge in [0.15, 0.2) is 0 Å². The fourth-order valence-corrected chi connectivity index (χ4v) is 3.46. The molecule has 0 heterocycles. The third kappa shape index (κ3) is 4.13. The lowest BCUT2D eigenvalue weighted by Gasteiger charge is -2.16. The van der Waals surface area contributed by atoms with Crippen molar-refractivity contribution in [1.82, 2.24) is 0 Å². The van der Waals surface area contributed by atoms with Crippen LogP contribution in [0.25, 0.3) is 10.8 Å². The number of anilines is 1. The third-order valence-corrected chi connectivity index (χ3v) is 5.16. The molecule has 0 saturated heterocycles. The lowest BCUT2D eigenvalue weighted by molar-refractivity contribution is 0.304. The Balaban J connectivity index is 1.62. The summed E-state index contributed by atoms with van der Waals surface area (Å²) in [7, 11) is 0. The molecule has 3 heteroatoms. The summed E-state index contributed by atoms with van der Waals surface area (Å²) in [5, 5.41) is 6.72. The van der Waals surface area contributed by atoms with Crippen LogP contribution in [-0.4, -0.2) is 0 Å². The van der Waals surface area contributed by atoms with E-state index >= 15 is 0 Å². The second kappa shape index (κ2) is 8.37. The van der Waals surface area contributed by atoms with Crippen LogP contribution in [0.5, 0.6) is 5.75 Å². The zero-order valence-electron chi connectivity index (χ0n) is 15.8. The summed E-state index contributed by atoms with van der Waals surface area (Å²) >= 11 is 5.98. The Morgan fingerprint density at radius 3 is 2.39 bits per heavy atom. The molecule has 0 amide bonds. The number of ether oxygens (including phenoxy) is 1. The number of para-hydroxylation sites is 1. The van der Waals surface area contributed by atoms with Crippen molar-refractivity contribution in [2.24, 2.45) is 0 Å². The van der Waals surface area contributed by atoms with Gasteiger partial charge < -0.3 is 10.1 Å². The Morgan fingerprint density at radius 2 is 1.57 bits per heavy atom. The van der Waals surface area contributed by atoms with Gasteiger partial charge in [-0.3, -0.25) is 0 Å². The van der Waals surface area contributed by atoms with Gasteiger partial charge in [0, 0.05) is 22.8 Å². The second-order valence-corrected chi connectivity index (χ2v) is 7.28. The Kier molecular flexibility index (Phi) is 5.50. The van der Waals surface area contributed by atoms with Crippen molar-refractivity contribution in [2.75, 3.05) is 5.32 Å². The normalized spacial score (nSPS) is 10.8. The highest BCUT2D eigenvalue weighted by Crippen LogP contribution is 2.30. The van der Waals surface area contributed by atoms with Gasteiger partial charge in [-0.25, -0.2) is 0 Å². The van der Waals surface area contributed by atoms with Crippen molar-refractivity contribution in [1.29, 1.82) is 0 Å². The average molecular weight is 388 g/mol.